The van der Waals surface area contributed by atoms with Crippen molar-refractivity contribution in [3.63, 3.8) is 0 Å². The summed E-state index contributed by atoms with van der Waals surface area (Å²) >= 11 is 6.32. The van der Waals surface area contributed by atoms with Crippen LogP contribution in [0.25, 0.3) is 0 Å². The molecule has 5 nitrogen and oxygen atoms in total. The van der Waals surface area contributed by atoms with Gasteiger partial charge >= 0.3 is 0 Å². The quantitative estimate of drug-likeness (QED) is 0.378. The monoisotopic (exact) mass is 449 g/mol. The van der Waals surface area contributed by atoms with Gasteiger partial charge in [0, 0.05) is 32.7 Å². The van der Waals surface area contributed by atoms with Gasteiger partial charge in [0.1, 0.15) is 0 Å². The number of carbonyl (C=O) groups excluding carboxylic acids is 2. The molecular formula is C23H29Cl2N3O2. The molecule has 0 spiro atoms. The fourth-order valence-corrected chi connectivity index (χ4v) is 5.97. The fourth-order valence-electron chi connectivity index (χ4n) is 5.71. The maximum absolute atomic E-state index is 12.7. The predicted molar refractivity (Wildman–Crippen MR) is 121 cm³/mol. The molecule has 2 saturated heterocycles. The second kappa shape index (κ2) is 8.89. The number of hydrogen-bond donors (Lipinski definition) is 0. The number of rotatable bonds is 6. The van der Waals surface area contributed by atoms with E-state index in [1.54, 1.807) is 4.90 Å². The highest BCUT2D eigenvalue weighted by atomic mass is 35.5. The Balaban J connectivity index is 0.00000218. The van der Waals surface area contributed by atoms with E-state index in [0.717, 1.165) is 62.7 Å². The van der Waals surface area contributed by atoms with Crippen LogP contribution in [0.1, 0.15) is 19.3 Å². The number of allylic oxidation sites excluding steroid dienone is 2. The van der Waals surface area contributed by atoms with Crippen molar-refractivity contribution in [1.29, 1.82) is 0 Å². The third kappa shape index (κ3) is 3.76. The largest absolute Gasteiger partial charge is 0.368 e. The molecule has 0 aromatic heterocycles. The van der Waals surface area contributed by atoms with Gasteiger partial charge in [0.25, 0.3) is 0 Å². The minimum Gasteiger partial charge on any atom is -0.368 e. The van der Waals surface area contributed by atoms with Crippen LogP contribution in [0.4, 0.5) is 5.69 Å². The first-order valence-electron chi connectivity index (χ1n) is 10.9. The van der Waals surface area contributed by atoms with Crippen LogP contribution in [0.15, 0.2) is 36.4 Å². The van der Waals surface area contributed by atoms with Crippen LogP contribution >= 0.6 is 24.0 Å². The minimum atomic E-state index is -0.0598. The topological polar surface area (TPSA) is 43.9 Å². The summed E-state index contributed by atoms with van der Waals surface area (Å²) in [6.45, 7) is 5.60. The zero-order valence-corrected chi connectivity index (χ0v) is 18.7. The Morgan fingerprint density at radius 3 is 2.10 bits per heavy atom. The van der Waals surface area contributed by atoms with Gasteiger partial charge in [-0.15, -0.1) is 12.4 Å². The molecule has 0 N–H and O–H groups in total. The van der Waals surface area contributed by atoms with Crippen molar-refractivity contribution >= 4 is 41.5 Å². The summed E-state index contributed by atoms with van der Waals surface area (Å²) in [7, 11) is 0. The molecule has 2 aliphatic carbocycles. The van der Waals surface area contributed by atoms with Crippen molar-refractivity contribution in [3.05, 3.63) is 41.4 Å². The molecular weight excluding hydrogens is 421 g/mol. The molecule has 2 amide bonds. The fraction of sp³-hybridized carbons (Fsp3) is 0.565. The lowest BCUT2D eigenvalue weighted by Crippen LogP contribution is -2.46. The van der Waals surface area contributed by atoms with E-state index in [0.29, 0.717) is 18.4 Å². The number of nitrogens with zero attached hydrogens (tertiary/aromatic N) is 3. The highest BCUT2D eigenvalue weighted by molar-refractivity contribution is 6.33. The summed E-state index contributed by atoms with van der Waals surface area (Å²) < 4.78 is 0. The van der Waals surface area contributed by atoms with Gasteiger partial charge in [-0.3, -0.25) is 19.4 Å². The van der Waals surface area contributed by atoms with Crippen molar-refractivity contribution in [2.75, 3.05) is 44.2 Å². The van der Waals surface area contributed by atoms with E-state index in [-0.39, 0.29) is 36.1 Å². The van der Waals surface area contributed by atoms with E-state index in [4.69, 9.17) is 11.6 Å². The van der Waals surface area contributed by atoms with Gasteiger partial charge < -0.3 is 4.90 Å². The minimum absolute atomic E-state index is 0. The number of amides is 2. The Labute approximate surface area is 189 Å². The average Bonchev–Trinajstić information content (AvgIpc) is 3.41. The number of unbranched alkanes of at least 4 members (excludes halogenated alkanes) is 1. The molecule has 7 heteroatoms. The van der Waals surface area contributed by atoms with Crippen LogP contribution in [0.5, 0.6) is 0 Å². The maximum Gasteiger partial charge on any atom is 0.233 e. The number of likely N-dealkylation sites (tertiary alicyclic amines) is 1. The van der Waals surface area contributed by atoms with Crippen LogP contribution in [0.2, 0.25) is 5.02 Å². The number of fused-ring (bicyclic) bond motifs is 5. The Kier molecular flexibility index (Phi) is 6.42. The first kappa shape index (κ1) is 21.7. The molecule has 1 saturated carbocycles. The third-order valence-electron chi connectivity index (χ3n) is 7.23. The Bertz CT molecular complexity index is 807. The number of para-hydroxylation sites is 1. The molecule has 1 aromatic rings. The normalized spacial score (nSPS) is 30.2. The van der Waals surface area contributed by atoms with E-state index in [1.165, 1.54) is 0 Å². The average molecular weight is 450 g/mol. The summed E-state index contributed by atoms with van der Waals surface area (Å²) in [4.78, 5) is 31.8. The smallest absolute Gasteiger partial charge is 0.233 e. The highest BCUT2D eigenvalue weighted by Crippen LogP contribution is 2.52. The maximum atomic E-state index is 12.7. The van der Waals surface area contributed by atoms with Gasteiger partial charge in [-0.05, 0) is 49.8 Å². The van der Waals surface area contributed by atoms with Gasteiger partial charge in [0.15, 0.2) is 0 Å². The molecule has 162 valence electrons. The molecule has 30 heavy (non-hydrogen) atoms. The number of halogens is 2. The third-order valence-corrected chi connectivity index (χ3v) is 7.55. The number of carbonyl (C=O) groups is 2. The van der Waals surface area contributed by atoms with Crippen molar-refractivity contribution < 1.29 is 9.59 Å². The lowest BCUT2D eigenvalue weighted by molar-refractivity contribution is -0.140. The molecule has 2 bridgehead atoms. The number of piperazine rings is 1. The number of anilines is 1. The van der Waals surface area contributed by atoms with Crippen molar-refractivity contribution in [1.82, 2.24) is 9.80 Å². The van der Waals surface area contributed by atoms with Crippen molar-refractivity contribution in [2.45, 2.75) is 19.3 Å². The Morgan fingerprint density at radius 2 is 1.47 bits per heavy atom. The molecule has 0 radical (unpaired) electrons. The van der Waals surface area contributed by atoms with Gasteiger partial charge in [-0.2, -0.15) is 0 Å². The van der Waals surface area contributed by atoms with Crippen molar-refractivity contribution in [3.8, 4) is 0 Å². The van der Waals surface area contributed by atoms with E-state index in [9.17, 15) is 9.59 Å². The van der Waals surface area contributed by atoms with Crippen LogP contribution < -0.4 is 4.90 Å². The molecule has 2 heterocycles. The van der Waals surface area contributed by atoms with E-state index in [2.05, 4.69) is 28.0 Å². The Morgan fingerprint density at radius 1 is 0.867 bits per heavy atom. The van der Waals surface area contributed by atoms with Gasteiger partial charge in [0.2, 0.25) is 11.8 Å². The molecule has 3 fully saturated rings. The molecule has 2 aliphatic heterocycles. The number of benzene rings is 1. The lowest BCUT2D eigenvalue weighted by atomic mass is 9.85. The predicted octanol–water partition coefficient (Wildman–Crippen LogP) is 3.47. The summed E-state index contributed by atoms with van der Waals surface area (Å²) in [5.74, 6) is 0.669. The molecule has 0 unspecified atom stereocenters. The first-order valence-corrected chi connectivity index (χ1v) is 11.3. The van der Waals surface area contributed by atoms with E-state index >= 15 is 0 Å². The van der Waals surface area contributed by atoms with Gasteiger partial charge in [-0.1, -0.05) is 35.9 Å². The number of imide groups is 1. The zero-order chi connectivity index (χ0) is 20.0. The molecule has 1 aromatic carbocycles. The van der Waals surface area contributed by atoms with Crippen LogP contribution in [-0.2, 0) is 9.59 Å². The van der Waals surface area contributed by atoms with Gasteiger partial charge in [0.05, 0.1) is 22.5 Å². The highest BCUT2D eigenvalue weighted by Gasteiger charge is 2.58. The summed E-state index contributed by atoms with van der Waals surface area (Å²) in [6, 6.07) is 8.02. The standard InChI is InChI=1S/C23H28ClN3O2.ClH/c24-18-5-1-2-6-19(18)26-13-11-25(12-14-26)9-3-4-10-27-22(28)20-16-7-8-17(15-16)21(20)23(27)29;/h1-2,5-8,16-17,20-21H,3-4,9-15H2;1H/t16-,17+,20-,21+;. The zero-order valence-electron chi connectivity index (χ0n) is 17.1. The van der Waals surface area contributed by atoms with E-state index in [1.807, 2.05) is 18.2 Å². The van der Waals surface area contributed by atoms with Gasteiger partial charge in [-0.25, -0.2) is 0 Å². The lowest BCUT2D eigenvalue weighted by Gasteiger charge is -2.36. The number of hydrogen-bond acceptors (Lipinski definition) is 4. The van der Waals surface area contributed by atoms with Crippen LogP contribution in [-0.4, -0.2) is 60.9 Å². The SMILES string of the molecule is Cl.O=C1[C@@H]2[C@H](C(=O)N1CCCCN1CCN(c3ccccc3Cl)CC1)[C@@H]1C=C[C@H]2C1. The van der Waals surface area contributed by atoms with Crippen LogP contribution in [0.3, 0.4) is 0 Å². The Hall–Kier alpha value is -1.56. The first-order chi connectivity index (χ1) is 14.1. The molecule has 4 atom stereocenters. The second-order valence-corrected chi connectivity index (χ2v) is 9.22. The summed E-state index contributed by atoms with van der Waals surface area (Å²) in [6.07, 6.45) is 7.22. The van der Waals surface area contributed by atoms with E-state index < -0.39 is 0 Å². The molecule has 5 rings (SSSR count). The van der Waals surface area contributed by atoms with Crippen molar-refractivity contribution in [2.24, 2.45) is 23.7 Å². The summed E-state index contributed by atoms with van der Waals surface area (Å²) in [5, 5.41) is 0.814. The molecule has 4 aliphatic rings. The second-order valence-electron chi connectivity index (χ2n) is 8.82. The summed E-state index contributed by atoms with van der Waals surface area (Å²) in [5.41, 5.74) is 1.12. The van der Waals surface area contributed by atoms with Crippen LogP contribution in [0, 0.1) is 23.7 Å².